The van der Waals surface area contributed by atoms with Crippen molar-refractivity contribution < 1.29 is 9.47 Å². The zero-order chi connectivity index (χ0) is 21.8. The van der Waals surface area contributed by atoms with Gasteiger partial charge in [0.2, 0.25) is 0 Å². The molecule has 0 saturated heterocycles. The Labute approximate surface area is 187 Å². The molecular weight excluding hydrogens is 410 g/mol. The van der Waals surface area contributed by atoms with E-state index < -0.39 is 0 Å². The number of hydrogen-bond donors (Lipinski definition) is 2. The fraction of sp³-hybridized carbons (Fsp3) is 0.333. The van der Waals surface area contributed by atoms with E-state index in [2.05, 4.69) is 15.2 Å². The standard InChI is InChI=1S/C24H27N3O3S/c1-29-19-11-12-20-16(14-19)13-17(23(28)25-20)15-27(18-7-3-4-8-18)24(31)26-21-9-5-6-10-22(21)30-2/h5-6,9-14,18H,3-4,7-8,15H2,1-2H3,(H,25,28)(H,26,31). The highest BCUT2D eigenvalue weighted by atomic mass is 32.1. The van der Waals surface area contributed by atoms with Gasteiger partial charge in [-0.1, -0.05) is 25.0 Å². The van der Waals surface area contributed by atoms with Gasteiger partial charge in [-0.3, -0.25) is 4.79 Å². The Hall–Kier alpha value is -3.06. The molecule has 0 bridgehead atoms. The number of nitrogens with zero attached hydrogens (tertiary/aromatic N) is 1. The van der Waals surface area contributed by atoms with E-state index in [1.54, 1.807) is 14.2 Å². The third-order valence-corrected chi connectivity index (χ3v) is 6.18. The van der Waals surface area contributed by atoms with Crippen molar-refractivity contribution in [2.45, 2.75) is 38.3 Å². The summed E-state index contributed by atoms with van der Waals surface area (Å²) >= 11 is 5.81. The van der Waals surface area contributed by atoms with Crippen LogP contribution in [0.3, 0.4) is 0 Å². The molecule has 31 heavy (non-hydrogen) atoms. The molecule has 7 heteroatoms. The molecule has 0 unspecified atom stereocenters. The second kappa shape index (κ2) is 9.39. The van der Waals surface area contributed by atoms with Crippen LogP contribution in [-0.2, 0) is 6.54 Å². The van der Waals surface area contributed by atoms with E-state index in [1.807, 2.05) is 48.5 Å². The van der Waals surface area contributed by atoms with Gasteiger partial charge in [-0.05, 0) is 61.5 Å². The summed E-state index contributed by atoms with van der Waals surface area (Å²) in [7, 11) is 3.28. The first-order chi connectivity index (χ1) is 15.1. The maximum atomic E-state index is 12.8. The molecule has 0 atom stereocenters. The van der Waals surface area contributed by atoms with Gasteiger partial charge in [-0.2, -0.15) is 0 Å². The molecular formula is C24H27N3O3S. The first kappa shape index (κ1) is 21.2. The fourth-order valence-corrected chi connectivity index (χ4v) is 4.50. The van der Waals surface area contributed by atoms with E-state index in [0.29, 0.717) is 23.3 Å². The normalized spacial score (nSPS) is 13.9. The minimum absolute atomic E-state index is 0.0965. The van der Waals surface area contributed by atoms with E-state index in [1.165, 1.54) is 12.8 Å². The average Bonchev–Trinajstić information content (AvgIpc) is 3.32. The van der Waals surface area contributed by atoms with Crippen LogP contribution in [0.2, 0.25) is 0 Å². The Kier molecular flexibility index (Phi) is 6.42. The summed E-state index contributed by atoms with van der Waals surface area (Å²) in [5.74, 6) is 1.48. The second-order valence-electron chi connectivity index (χ2n) is 7.77. The number of aromatic nitrogens is 1. The van der Waals surface area contributed by atoms with Gasteiger partial charge in [0.05, 0.1) is 26.5 Å². The molecule has 0 amide bonds. The molecule has 6 nitrogen and oxygen atoms in total. The van der Waals surface area contributed by atoms with Crippen molar-refractivity contribution in [3.05, 3.63) is 64.4 Å². The lowest BCUT2D eigenvalue weighted by Gasteiger charge is -2.32. The highest BCUT2D eigenvalue weighted by molar-refractivity contribution is 7.80. The predicted octanol–water partition coefficient (Wildman–Crippen LogP) is 4.69. The highest BCUT2D eigenvalue weighted by Crippen LogP contribution is 2.28. The van der Waals surface area contributed by atoms with Crippen LogP contribution in [0.5, 0.6) is 11.5 Å². The molecule has 0 aliphatic heterocycles. The number of anilines is 1. The summed E-state index contributed by atoms with van der Waals surface area (Å²) in [4.78, 5) is 18.0. The summed E-state index contributed by atoms with van der Waals surface area (Å²) in [5.41, 5.74) is 2.18. The van der Waals surface area contributed by atoms with Gasteiger partial charge in [0.25, 0.3) is 5.56 Å². The smallest absolute Gasteiger partial charge is 0.253 e. The number of nitrogens with one attached hydrogen (secondary N) is 2. The van der Waals surface area contributed by atoms with E-state index in [0.717, 1.165) is 40.9 Å². The predicted molar refractivity (Wildman–Crippen MR) is 128 cm³/mol. The maximum Gasteiger partial charge on any atom is 0.253 e. The van der Waals surface area contributed by atoms with Crippen molar-refractivity contribution >= 4 is 33.9 Å². The summed E-state index contributed by atoms with van der Waals surface area (Å²) < 4.78 is 10.8. The molecule has 1 heterocycles. The molecule has 2 N–H and O–H groups in total. The van der Waals surface area contributed by atoms with Crippen LogP contribution in [0.15, 0.2) is 53.3 Å². The van der Waals surface area contributed by atoms with E-state index in [4.69, 9.17) is 21.7 Å². The topological polar surface area (TPSA) is 66.6 Å². The third-order valence-electron chi connectivity index (χ3n) is 5.84. The number of H-pyrrole nitrogens is 1. The zero-order valence-electron chi connectivity index (χ0n) is 17.8. The van der Waals surface area contributed by atoms with E-state index in [-0.39, 0.29) is 5.56 Å². The Morgan fingerprint density at radius 3 is 2.65 bits per heavy atom. The number of fused-ring (bicyclic) bond motifs is 1. The van der Waals surface area contributed by atoms with E-state index >= 15 is 0 Å². The van der Waals surface area contributed by atoms with Crippen LogP contribution in [0.25, 0.3) is 10.9 Å². The zero-order valence-corrected chi connectivity index (χ0v) is 18.6. The van der Waals surface area contributed by atoms with Crippen molar-refractivity contribution in [3.8, 4) is 11.5 Å². The number of para-hydroxylation sites is 2. The number of pyridine rings is 1. The fourth-order valence-electron chi connectivity index (χ4n) is 4.18. The van der Waals surface area contributed by atoms with Crippen LogP contribution >= 0.6 is 12.2 Å². The van der Waals surface area contributed by atoms with Crippen LogP contribution in [0.1, 0.15) is 31.2 Å². The molecule has 2 aromatic carbocycles. The Bertz CT molecular complexity index is 1140. The first-order valence-corrected chi connectivity index (χ1v) is 10.9. The number of rotatable bonds is 6. The minimum Gasteiger partial charge on any atom is -0.497 e. The van der Waals surface area contributed by atoms with Gasteiger partial charge in [0.1, 0.15) is 11.5 Å². The van der Waals surface area contributed by atoms with Crippen molar-refractivity contribution in [2.24, 2.45) is 0 Å². The van der Waals surface area contributed by atoms with Crippen LogP contribution < -0.4 is 20.3 Å². The molecule has 1 aromatic heterocycles. The third kappa shape index (κ3) is 4.66. The van der Waals surface area contributed by atoms with Gasteiger partial charge in [0.15, 0.2) is 5.11 Å². The molecule has 0 spiro atoms. The lowest BCUT2D eigenvalue weighted by Crippen LogP contribution is -2.42. The number of ether oxygens (including phenoxy) is 2. The van der Waals surface area contributed by atoms with Gasteiger partial charge in [-0.25, -0.2) is 0 Å². The molecule has 162 valence electrons. The minimum atomic E-state index is -0.0965. The monoisotopic (exact) mass is 437 g/mol. The van der Waals surface area contributed by atoms with Gasteiger partial charge in [0, 0.05) is 22.5 Å². The quantitative estimate of drug-likeness (QED) is 0.546. The van der Waals surface area contributed by atoms with Crippen molar-refractivity contribution in [1.29, 1.82) is 0 Å². The SMILES string of the molecule is COc1ccc2[nH]c(=O)c(CN(C(=S)Nc3ccccc3OC)C3CCCC3)cc2c1. The van der Waals surface area contributed by atoms with Crippen molar-refractivity contribution in [3.63, 3.8) is 0 Å². The van der Waals surface area contributed by atoms with Gasteiger partial charge >= 0.3 is 0 Å². The summed E-state index contributed by atoms with van der Waals surface area (Å²) in [6.45, 7) is 0.439. The summed E-state index contributed by atoms with van der Waals surface area (Å²) in [5, 5.41) is 4.87. The lowest BCUT2D eigenvalue weighted by molar-refractivity contribution is 0.311. The molecule has 0 radical (unpaired) electrons. The number of hydrogen-bond acceptors (Lipinski definition) is 4. The van der Waals surface area contributed by atoms with Crippen molar-refractivity contribution in [2.75, 3.05) is 19.5 Å². The maximum absolute atomic E-state index is 12.8. The van der Waals surface area contributed by atoms with Crippen molar-refractivity contribution in [1.82, 2.24) is 9.88 Å². The van der Waals surface area contributed by atoms with Crippen LogP contribution in [0, 0.1) is 0 Å². The molecule has 4 rings (SSSR count). The highest BCUT2D eigenvalue weighted by Gasteiger charge is 2.26. The number of aromatic amines is 1. The molecule has 1 saturated carbocycles. The number of benzene rings is 2. The first-order valence-electron chi connectivity index (χ1n) is 10.5. The molecule has 1 aliphatic rings. The van der Waals surface area contributed by atoms with E-state index in [9.17, 15) is 4.79 Å². The number of thiocarbonyl (C=S) groups is 1. The summed E-state index contributed by atoms with van der Waals surface area (Å²) in [6.07, 6.45) is 4.47. The van der Waals surface area contributed by atoms with Gasteiger partial charge < -0.3 is 24.7 Å². The average molecular weight is 438 g/mol. The Morgan fingerprint density at radius 1 is 1.13 bits per heavy atom. The Balaban J connectivity index is 1.64. The van der Waals surface area contributed by atoms with Gasteiger partial charge in [-0.15, -0.1) is 0 Å². The largest absolute Gasteiger partial charge is 0.497 e. The molecule has 3 aromatic rings. The number of methoxy groups -OCH3 is 2. The van der Waals surface area contributed by atoms with Crippen LogP contribution in [0.4, 0.5) is 5.69 Å². The van der Waals surface area contributed by atoms with Crippen LogP contribution in [-0.4, -0.2) is 35.3 Å². The summed E-state index contributed by atoms with van der Waals surface area (Å²) in [6, 6.07) is 15.6. The molecule has 1 fully saturated rings. The molecule has 1 aliphatic carbocycles. The Morgan fingerprint density at radius 2 is 1.90 bits per heavy atom. The second-order valence-corrected chi connectivity index (χ2v) is 8.16. The lowest BCUT2D eigenvalue weighted by atomic mass is 10.1.